The third-order valence-corrected chi connectivity index (χ3v) is 4.13. The molecule has 0 aliphatic carbocycles. The van der Waals surface area contributed by atoms with Crippen LogP contribution in [0, 0.1) is 16.0 Å². The lowest BCUT2D eigenvalue weighted by Crippen LogP contribution is -2.48. The van der Waals surface area contributed by atoms with Gasteiger partial charge in [-0.3, -0.25) is 19.6 Å². The number of carbonyl (C=O) groups is 1. The predicted octanol–water partition coefficient (Wildman–Crippen LogP) is 0.722. The molecular weight excluding hydrogens is 274 g/mol. The molecule has 2 atom stereocenters. The van der Waals surface area contributed by atoms with Crippen molar-refractivity contribution in [2.24, 2.45) is 11.7 Å². The van der Waals surface area contributed by atoms with Gasteiger partial charge in [0, 0.05) is 12.6 Å². The van der Waals surface area contributed by atoms with E-state index in [1.807, 2.05) is 6.92 Å². The highest BCUT2D eigenvalue weighted by Gasteiger charge is 2.41. The van der Waals surface area contributed by atoms with Crippen LogP contribution in [0.15, 0.2) is 12.4 Å². The van der Waals surface area contributed by atoms with Gasteiger partial charge >= 0.3 is 5.69 Å². The van der Waals surface area contributed by atoms with Crippen molar-refractivity contribution >= 4 is 11.6 Å². The molecule has 0 radical (unpaired) electrons. The van der Waals surface area contributed by atoms with Crippen molar-refractivity contribution in [3.8, 4) is 0 Å². The van der Waals surface area contributed by atoms with Gasteiger partial charge in [-0.2, -0.15) is 5.10 Å². The van der Waals surface area contributed by atoms with Crippen molar-refractivity contribution < 1.29 is 9.72 Å². The average molecular weight is 295 g/mol. The molecule has 0 saturated carbocycles. The van der Waals surface area contributed by atoms with E-state index < -0.39 is 10.5 Å². The van der Waals surface area contributed by atoms with Crippen LogP contribution in [0.4, 0.5) is 5.69 Å². The summed E-state index contributed by atoms with van der Waals surface area (Å²) in [5, 5.41) is 14.7. The smallest absolute Gasteiger partial charge is 0.307 e. The van der Waals surface area contributed by atoms with Crippen molar-refractivity contribution in [3.05, 3.63) is 22.5 Å². The first-order valence-electron chi connectivity index (χ1n) is 6.98. The van der Waals surface area contributed by atoms with Crippen LogP contribution in [-0.4, -0.2) is 44.6 Å². The third-order valence-electron chi connectivity index (χ3n) is 4.13. The molecule has 21 heavy (non-hydrogen) atoms. The highest BCUT2D eigenvalue weighted by Crippen LogP contribution is 2.28. The van der Waals surface area contributed by atoms with Crippen molar-refractivity contribution in [2.45, 2.75) is 38.8 Å². The molecule has 8 nitrogen and oxygen atoms in total. The van der Waals surface area contributed by atoms with Crippen LogP contribution >= 0.6 is 0 Å². The van der Waals surface area contributed by atoms with Gasteiger partial charge in [-0.05, 0) is 39.7 Å². The van der Waals surface area contributed by atoms with Crippen LogP contribution in [0.5, 0.6) is 0 Å². The minimum atomic E-state index is -0.966. The molecular formula is C13H21N5O3. The number of likely N-dealkylation sites (tertiary alicyclic amines) is 1. The molecule has 2 N–H and O–H groups in total. The van der Waals surface area contributed by atoms with E-state index in [1.165, 1.54) is 10.9 Å². The van der Waals surface area contributed by atoms with Gasteiger partial charge in [-0.1, -0.05) is 0 Å². The molecule has 1 aliphatic rings. The van der Waals surface area contributed by atoms with E-state index in [0.29, 0.717) is 19.0 Å². The number of nitrogens with two attached hydrogens (primary N) is 1. The van der Waals surface area contributed by atoms with Gasteiger partial charge in [0.1, 0.15) is 17.9 Å². The molecule has 2 unspecified atom stereocenters. The lowest BCUT2D eigenvalue weighted by Gasteiger charge is -2.32. The van der Waals surface area contributed by atoms with E-state index in [1.54, 1.807) is 18.7 Å². The Labute approximate surface area is 123 Å². The second-order valence-electron chi connectivity index (χ2n) is 6.10. The lowest BCUT2D eigenvalue weighted by atomic mass is 10.0. The molecule has 1 aromatic heterocycles. The van der Waals surface area contributed by atoms with E-state index in [0.717, 1.165) is 12.6 Å². The number of rotatable bonds is 4. The predicted molar refractivity (Wildman–Crippen MR) is 76.5 cm³/mol. The second kappa shape index (κ2) is 5.44. The van der Waals surface area contributed by atoms with Crippen LogP contribution in [-0.2, 0) is 10.3 Å². The summed E-state index contributed by atoms with van der Waals surface area (Å²) in [7, 11) is 0. The Bertz CT molecular complexity index is 554. The number of hydrogen-bond donors (Lipinski definition) is 1. The zero-order valence-corrected chi connectivity index (χ0v) is 12.5. The monoisotopic (exact) mass is 295 g/mol. The molecule has 1 aromatic rings. The van der Waals surface area contributed by atoms with Crippen molar-refractivity contribution in [2.75, 3.05) is 13.1 Å². The van der Waals surface area contributed by atoms with Gasteiger partial charge in [0.15, 0.2) is 0 Å². The molecule has 0 aromatic carbocycles. The highest BCUT2D eigenvalue weighted by molar-refractivity contribution is 5.84. The maximum atomic E-state index is 12.8. The summed E-state index contributed by atoms with van der Waals surface area (Å²) < 4.78 is 1.36. The summed E-state index contributed by atoms with van der Waals surface area (Å²) in [6.45, 7) is 6.61. The van der Waals surface area contributed by atoms with E-state index >= 15 is 0 Å². The zero-order chi connectivity index (χ0) is 15.8. The van der Waals surface area contributed by atoms with Crippen LogP contribution in [0.3, 0.4) is 0 Å². The van der Waals surface area contributed by atoms with Gasteiger partial charge in [0.2, 0.25) is 5.91 Å². The first-order valence-corrected chi connectivity index (χ1v) is 6.98. The first kappa shape index (κ1) is 15.4. The summed E-state index contributed by atoms with van der Waals surface area (Å²) in [4.78, 5) is 24.8. The SMILES string of the molecule is CC1CC(CN)CN1C(=O)C(C)(C)n1cc([N+](=O)[O-])cn1. The van der Waals surface area contributed by atoms with Crippen molar-refractivity contribution in [3.63, 3.8) is 0 Å². The van der Waals surface area contributed by atoms with Gasteiger partial charge in [-0.15, -0.1) is 0 Å². The van der Waals surface area contributed by atoms with Crippen LogP contribution < -0.4 is 5.73 Å². The zero-order valence-electron chi connectivity index (χ0n) is 12.5. The number of carbonyl (C=O) groups excluding carboxylic acids is 1. The number of hydrogen-bond acceptors (Lipinski definition) is 5. The fraction of sp³-hybridized carbons (Fsp3) is 0.692. The lowest BCUT2D eigenvalue weighted by molar-refractivity contribution is -0.385. The summed E-state index contributed by atoms with van der Waals surface area (Å²) in [5.41, 5.74) is 4.60. The van der Waals surface area contributed by atoms with Gasteiger partial charge in [0.25, 0.3) is 0 Å². The Hall–Kier alpha value is -1.96. The average Bonchev–Trinajstić information content (AvgIpc) is 3.04. The number of amides is 1. The van der Waals surface area contributed by atoms with Crippen LogP contribution in [0.1, 0.15) is 27.2 Å². The highest BCUT2D eigenvalue weighted by atomic mass is 16.6. The molecule has 2 heterocycles. The molecule has 116 valence electrons. The molecule has 1 amide bonds. The summed E-state index contributed by atoms with van der Waals surface area (Å²) in [5.74, 6) is 0.218. The number of aromatic nitrogens is 2. The first-order chi connectivity index (χ1) is 9.77. The fourth-order valence-electron chi connectivity index (χ4n) is 2.76. The molecule has 1 aliphatic heterocycles. The van der Waals surface area contributed by atoms with E-state index in [4.69, 9.17) is 5.73 Å². The standard InChI is InChI=1S/C13H21N5O3/c1-9-4-10(5-14)7-16(9)12(19)13(2,3)17-8-11(6-15-17)18(20)21/h6,8-10H,4-5,7,14H2,1-3H3. The normalized spacial score (nSPS) is 22.6. The van der Waals surface area contributed by atoms with E-state index in [9.17, 15) is 14.9 Å². The maximum Gasteiger partial charge on any atom is 0.307 e. The molecule has 0 spiro atoms. The Kier molecular flexibility index (Phi) is 3.99. The second-order valence-corrected chi connectivity index (χ2v) is 6.10. The Morgan fingerprint density at radius 1 is 1.62 bits per heavy atom. The minimum absolute atomic E-state index is 0.0936. The molecule has 0 bridgehead atoms. The maximum absolute atomic E-state index is 12.8. The summed E-state index contributed by atoms with van der Waals surface area (Å²) in [6.07, 6.45) is 3.34. The Morgan fingerprint density at radius 3 is 2.76 bits per heavy atom. The summed E-state index contributed by atoms with van der Waals surface area (Å²) in [6, 6.07) is 0.121. The van der Waals surface area contributed by atoms with E-state index in [-0.39, 0.29) is 17.6 Å². The van der Waals surface area contributed by atoms with Gasteiger partial charge in [0.05, 0.1) is 4.92 Å². The molecule has 1 fully saturated rings. The molecule has 8 heteroatoms. The molecule has 1 saturated heterocycles. The Balaban J connectivity index is 2.21. The van der Waals surface area contributed by atoms with Crippen LogP contribution in [0.25, 0.3) is 0 Å². The topological polar surface area (TPSA) is 107 Å². The largest absolute Gasteiger partial charge is 0.338 e. The Morgan fingerprint density at radius 2 is 2.29 bits per heavy atom. The minimum Gasteiger partial charge on any atom is -0.338 e. The van der Waals surface area contributed by atoms with Crippen LogP contribution in [0.2, 0.25) is 0 Å². The van der Waals surface area contributed by atoms with Crippen molar-refractivity contribution in [1.29, 1.82) is 0 Å². The quantitative estimate of drug-likeness (QED) is 0.650. The molecule has 2 rings (SSSR count). The summed E-state index contributed by atoms with van der Waals surface area (Å²) >= 11 is 0. The number of nitrogens with zero attached hydrogens (tertiary/aromatic N) is 4. The van der Waals surface area contributed by atoms with Crippen molar-refractivity contribution in [1.82, 2.24) is 14.7 Å². The third kappa shape index (κ3) is 2.76. The van der Waals surface area contributed by atoms with Gasteiger partial charge < -0.3 is 10.6 Å². The van der Waals surface area contributed by atoms with E-state index in [2.05, 4.69) is 5.10 Å². The fourth-order valence-corrected chi connectivity index (χ4v) is 2.76. The van der Waals surface area contributed by atoms with Gasteiger partial charge in [-0.25, -0.2) is 0 Å². The number of nitro groups is 1.